The summed E-state index contributed by atoms with van der Waals surface area (Å²) < 4.78 is 31.8. The summed E-state index contributed by atoms with van der Waals surface area (Å²) in [5.41, 5.74) is 0.875. The Bertz CT molecular complexity index is 741. The first-order valence-electron chi connectivity index (χ1n) is 6.47. The lowest BCUT2D eigenvalue weighted by atomic mass is 10.1. The summed E-state index contributed by atoms with van der Waals surface area (Å²) in [7, 11) is -2.19. The van der Waals surface area contributed by atoms with Gasteiger partial charge >= 0.3 is 0 Å². The Labute approximate surface area is 129 Å². The molecule has 0 spiro atoms. The zero-order valence-corrected chi connectivity index (χ0v) is 12.7. The number of benzene rings is 2. The third-order valence-corrected chi connectivity index (χ3v) is 4.44. The van der Waals surface area contributed by atoms with Gasteiger partial charge in [0, 0.05) is 5.56 Å². The molecule has 7 heteroatoms. The molecule has 0 unspecified atom stereocenters. The first kappa shape index (κ1) is 16.0. The Morgan fingerprint density at radius 2 is 1.77 bits per heavy atom. The van der Waals surface area contributed by atoms with Crippen LogP contribution in [-0.2, 0) is 10.0 Å². The zero-order valence-electron chi connectivity index (χ0n) is 11.9. The van der Waals surface area contributed by atoms with Crippen LogP contribution in [0.2, 0.25) is 0 Å². The highest BCUT2D eigenvalue weighted by molar-refractivity contribution is 7.89. The fourth-order valence-corrected chi connectivity index (χ4v) is 2.82. The van der Waals surface area contributed by atoms with Gasteiger partial charge in [0.25, 0.3) is 0 Å². The Morgan fingerprint density at radius 3 is 2.32 bits per heavy atom. The first-order chi connectivity index (χ1) is 10.6. The second-order valence-corrected chi connectivity index (χ2v) is 6.18. The Hall–Kier alpha value is -2.38. The minimum absolute atomic E-state index is 0.110. The number of nitrogens with one attached hydrogen (secondary N) is 1. The molecule has 2 aromatic rings. The van der Waals surface area contributed by atoms with Crippen LogP contribution in [0.5, 0.6) is 5.75 Å². The third kappa shape index (κ3) is 3.84. The van der Waals surface area contributed by atoms with Crippen molar-refractivity contribution in [1.29, 1.82) is 0 Å². The molecule has 0 bridgehead atoms. The van der Waals surface area contributed by atoms with Crippen LogP contribution in [0, 0.1) is 0 Å². The van der Waals surface area contributed by atoms with E-state index in [4.69, 9.17) is 9.94 Å². The van der Waals surface area contributed by atoms with Gasteiger partial charge in [0.15, 0.2) is 0 Å². The van der Waals surface area contributed by atoms with Gasteiger partial charge < -0.3 is 9.94 Å². The molecule has 0 fully saturated rings. The molecule has 0 aromatic heterocycles. The van der Waals surface area contributed by atoms with Crippen LogP contribution < -0.4 is 9.46 Å². The summed E-state index contributed by atoms with van der Waals surface area (Å²) in [6.45, 7) is -0.116. The maximum atomic E-state index is 12.2. The van der Waals surface area contributed by atoms with Gasteiger partial charge in [-0.15, -0.1) is 0 Å². The van der Waals surface area contributed by atoms with Crippen LogP contribution in [-0.4, -0.2) is 33.0 Å². The monoisotopic (exact) mass is 320 g/mol. The zero-order chi connectivity index (χ0) is 16.0. The van der Waals surface area contributed by atoms with E-state index in [2.05, 4.69) is 9.88 Å². The molecule has 22 heavy (non-hydrogen) atoms. The molecule has 6 nitrogen and oxygen atoms in total. The van der Waals surface area contributed by atoms with Crippen molar-refractivity contribution in [1.82, 2.24) is 4.72 Å². The van der Waals surface area contributed by atoms with E-state index in [9.17, 15) is 8.42 Å². The summed E-state index contributed by atoms with van der Waals surface area (Å²) in [5, 5.41) is 12.2. The van der Waals surface area contributed by atoms with E-state index < -0.39 is 10.0 Å². The predicted molar refractivity (Wildman–Crippen MR) is 82.9 cm³/mol. The van der Waals surface area contributed by atoms with Gasteiger partial charge in [0.1, 0.15) is 11.5 Å². The average Bonchev–Trinajstić information content (AvgIpc) is 2.56. The highest BCUT2D eigenvalue weighted by Gasteiger charge is 2.15. The molecular weight excluding hydrogens is 304 g/mol. The van der Waals surface area contributed by atoms with E-state index in [0.717, 1.165) is 0 Å². The lowest BCUT2D eigenvalue weighted by molar-refractivity contribution is 0.318. The van der Waals surface area contributed by atoms with Crippen LogP contribution in [0.3, 0.4) is 0 Å². The number of ether oxygens (including phenoxy) is 1. The minimum atomic E-state index is -3.70. The Balaban J connectivity index is 2.11. The van der Waals surface area contributed by atoms with E-state index in [1.807, 2.05) is 6.07 Å². The maximum absolute atomic E-state index is 12.2. The Morgan fingerprint density at radius 1 is 1.14 bits per heavy atom. The summed E-state index contributed by atoms with van der Waals surface area (Å²) in [6.07, 6.45) is 0. The SMILES string of the molecule is COc1ccc(S(=O)(=O)NCC(=NO)c2ccccc2)cc1. The predicted octanol–water partition coefficient (Wildman–Crippen LogP) is 1.85. The Kier molecular flexibility index (Phi) is 5.13. The standard InChI is InChI=1S/C15H16N2O4S/c1-21-13-7-9-14(10-8-13)22(19,20)16-11-15(17-18)12-5-3-2-4-6-12/h2-10,16,18H,11H2,1H3. The van der Waals surface area contributed by atoms with Crippen molar-refractivity contribution in [3.8, 4) is 5.75 Å². The second-order valence-electron chi connectivity index (χ2n) is 4.41. The highest BCUT2D eigenvalue weighted by Crippen LogP contribution is 2.15. The molecular formula is C15H16N2O4S. The molecule has 0 atom stereocenters. The minimum Gasteiger partial charge on any atom is -0.497 e. The van der Waals surface area contributed by atoms with Crippen molar-refractivity contribution < 1.29 is 18.4 Å². The van der Waals surface area contributed by atoms with E-state index in [1.165, 1.54) is 19.2 Å². The van der Waals surface area contributed by atoms with Crippen LogP contribution in [0.1, 0.15) is 5.56 Å². The van der Waals surface area contributed by atoms with Gasteiger partial charge in [-0.2, -0.15) is 0 Å². The summed E-state index contributed by atoms with van der Waals surface area (Å²) in [6, 6.07) is 14.9. The second kappa shape index (κ2) is 7.06. The number of hydrogen-bond acceptors (Lipinski definition) is 5. The van der Waals surface area contributed by atoms with Gasteiger partial charge in [-0.3, -0.25) is 0 Å². The van der Waals surface area contributed by atoms with Gasteiger partial charge in [0.2, 0.25) is 10.0 Å². The molecule has 0 aliphatic carbocycles. The normalized spacial score (nSPS) is 12.1. The summed E-state index contributed by atoms with van der Waals surface area (Å²) in [4.78, 5) is 0.110. The fraction of sp³-hybridized carbons (Fsp3) is 0.133. The largest absolute Gasteiger partial charge is 0.497 e. The number of sulfonamides is 1. The van der Waals surface area contributed by atoms with Gasteiger partial charge in [-0.1, -0.05) is 35.5 Å². The maximum Gasteiger partial charge on any atom is 0.240 e. The quantitative estimate of drug-likeness (QED) is 0.483. The number of nitrogens with zero attached hydrogens (tertiary/aromatic N) is 1. The molecule has 0 heterocycles. The van der Waals surface area contributed by atoms with Crippen LogP contribution >= 0.6 is 0 Å². The number of oxime groups is 1. The van der Waals surface area contributed by atoms with Crippen LogP contribution in [0.15, 0.2) is 64.6 Å². The number of methoxy groups -OCH3 is 1. The van der Waals surface area contributed by atoms with E-state index in [-0.39, 0.29) is 17.2 Å². The smallest absolute Gasteiger partial charge is 0.240 e. The van der Waals surface area contributed by atoms with E-state index in [0.29, 0.717) is 11.3 Å². The van der Waals surface area contributed by atoms with Crippen LogP contribution in [0.4, 0.5) is 0 Å². The molecule has 2 N–H and O–H groups in total. The molecule has 0 aliphatic heterocycles. The lowest BCUT2D eigenvalue weighted by Crippen LogP contribution is -2.30. The van der Waals surface area contributed by atoms with Gasteiger partial charge in [-0.05, 0) is 24.3 Å². The molecule has 0 aliphatic rings. The highest BCUT2D eigenvalue weighted by atomic mass is 32.2. The third-order valence-electron chi connectivity index (χ3n) is 3.03. The summed E-state index contributed by atoms with van der Waals surface area (Å²) >= 11 is 0. The van der Waals surface area contributed by atoms with Crippen molar-refractivity contribution in [2.75, 3.05) is 13.7 Å². The lowest BCUT2D eigenvalue weighted by Gasteiger charge is -2.09. The van der Waals surface area contributed by atoms with Crippen molar-refractivity contribution in [3.05, 3.63) is 60.2 Å². The van der Waals surface area contributed by atoms with Crippen molar-refractivity contribution in [2.45, 2.75) is 4.90 Å². The molecule has 2 aromatic carbocycles. The average molecular weight is 320 g/mol. The van der Waals surface area contributed by atoms with Crippen molar-refractivity contribution in [3.63, 3.8) is 0 Å². The molecule has 116 valence electrons. The van der Waals surface area contributed by atoms with Gasteiger partial charge in [0.05, 0.1) is 18.6 Å². The van der Waals surface area contributed by atoms with Crippen molar-refractivity contribution >= 4 is 15.7 Å². The molecule has 0 saturated heterocycles. The summed E-state index contributed by atoms with van der Waals surface area (Å²) in [5.74, 6) is 0.570. The first-order valence-corrected chi connectivity index (χ1v) is 7.95. The topological polar surface area (TPSA) is 88.0 Å². The van der Waals surface area contributed by atoms with E-state index in [1.54, 1.807) is 36.4 Å². The van der Waals surface area contributed by atoms with Crippen LogP contribution in [0.25, 0.3) is 0 Å². The number of hydrogen-bond donors (Lipinski definition) is 2. The van der Waals surface area contributed by atoms with E-state index >= 15 is 0 Å². The number of rotatable bonds is 6. The molecule has 2 rings (SSSR count). The van der Waals surface area contributed by atoms with Crippen molar-refractivity contribution in [2.24, 2.45) is 5.16 Å². The fourth-order valence-electron chi connectivity index (χ4n) is 1.83. The van der Waals surface area contributed by atoms with Gasteiger partial charge in [-0.25, -0.2) is 13.1 Å². The molecule has 0 radical (unpaired) electrons. The molecule has 0 saturated carbocycles. The molecule has 0 amide bonds.